The van der Waals surface area contributed by atoms with Gasteiger partial charge in [0.15, 0.2) is 9.84 Å². The molecule has 0 aromatic carbocycles. The van der Waals surface area contributed by atoms with Gasteiger partial charge in [-0.05, 0) is 38.6 Å². The van der Waals surface area contributed by atoms with Gasteiger partial charge in [0.1, 0.15) is 0 Å². The number of nitrogens with zero attached hydrogens (tertiary/aromatic N) is 2. The summed E-state index contributed by atoms with van der Waals surface area (Å²) in [5.41, 5.74) is 0. The molecule has 1 amide bonds. The van der Waals surface area contributed by atoms with Crippen LogP contribution in [0.15, 0.2) is 0 Å². The molecule has 2 unspecified atom stereocenters. The third kappa shape index (κ3) is 5.81. The van der Waals surface area contributed by atoms with E-state index in [0.717, 1.165) is 38.6 Å². The lowest BCUT2D eigenvalue weighted by molar-refractivity contribution is -0.146. The Morgan fingerprint density at radius 3 is 2.30 bits per heavy atom. The summed E-state index contributed by atoms with van der Waals surface area (Å²) in [5.74, 6) is -0.990. The van der Waals surface area contributed by atoms with Gasteiger partial charge in [-0.2, -0.15) is 0 Å². The highest BCUT2D eigenvalue weighted by Crippen LogP contribution is 2.29. The van der Waals surface area contributed by atoms with Crippen LogP contribution in [0.2, 0.25) is 0 Å². The van der Waals surface area contributed by atoms with E-state index in [-0.39, 0.29) is 48.4 Å². The van der Waals surface area contributed by atoms with Crippen LogP contribution >= 0.6 is 12.4 Å². The lowest BCUT2D eigenvalue weighted by Crippen LogP contribution is -2.53. The van der Waals surface area contributed by atoms with Crippen LogP contribution in [0.5, 0.6) is 0 Å². The minimum Gasteiger partial charge on any atom is -0.481 e. The highest BCUT2D eigenvalue weighted by Gasteiger charge is 2.39. The maximum atomic E-state index is 13.1. The average molecular weight is 423 g/mol. The number of sulfone groups is 1. The number of carbonyl (C=O) groups is 2. The number of halogens is 1. The molecule has 2 saturated heterocycles. The molecule has 0 aromatic rings. The molecule has 27 heavy (non-hydrogen) atoms. The second-order valence-corrected chi connectivity index (χ2v) is 10.3. The molecule has 3 rings (SSSR count). The molecule has 2 aliphatic heterocycles. The van der Waals surface area contributed by atoms with E-state index in [1.807, 2.05) is 9.80 Å². The van der Waals surface area contributed by atoms with Gasteiger partial charge in [-0.25, -0.2) is 8.42 Å². The van der Waals surface area contributed by atoms with Crippen molar-refractivity contribution in [1.82, 2.24) is 9.80 Å². The molecule has 0 radical (unpaired) electrons. The van der Waals surface area contributed by atoms with Crippen LogP contribution in [0.25, 0.3) is 0 Å². The van der Waals surface area contributed by atoms with Crippen LogP contribution in [0.3, 0.4) is 0 Å². The van der Waals surface area contributed by atoms with Crippen LogP contribution in [0, 0.1) is 5.92 Å². The van der Waals surface area contributed by atoms with Crippen LogP contribution < -0.4 is 0 Å². The molecule has 0 spiro atoms. The molecule has 0 aromatic heterocycles. The van der Waals surface area contributed by atoms with Crippen molar-refractivity contribution in [3.63, 3.8) is 0 Å². The van der Waals surface area contributed by atoms with Gasteiger partial charge in [0.2, 0.25) is 5.91 Å². The van der Waals surface area contributed by atoms with Crippen molar-refractivity contribution in [1.29, 1.82) is 0 Å². The fourth-order valence-electron chi connectivity index (χ4n) is 4.73. The van der Waals surface area contributed by atoms with Crippen molar-refractivity contribution >= 4 is 34.1 Å². The van der Waals surface area contributed by atoms with Crippen LogP contribution in [-0.4, -0.2) is 78.4 Å². The summed E-state index contributed by atoms with van der Waals surface area (Å²) in [7, 11) is -3.05. The third-order valence-electron chi connectivity index (χ3n) is 6.07. The number of rotatable bonds is 5. The van der Waals surface area contributed by atoms with E-state index in [0.29, 0.717) is 19.4 Å². The van der Waals surface area contributed by atoms with Gasteiger partial charge in [0.05, 0.1) is 24.0 Å². The number of carbonyl (C=O) groups excluding carboxylic acids is 1. The van der Waals surface area contributed by atoms with Crippen molar-refractivity contribution < 1.29 is 23.1 Å². The highest BCUT2D eigenvalue weighted by atomic mass is 35.5. The van der Waals surface area contributed by atoms with Gasteiger partial charge in [-0.1, -0.05) is 19.3 Å². The molecule has 9 heteroatoms. The molecule has 156 valence electrons. The summed E-state index contributed by atoms with van der Waals surface area (Å²) in [4.78, 5) is 28.2. The maximum Gasteiger partial charge on any atom is 0.307 e. The normalized spacial score (nSPS) is 29.0. The molecule has 2 heterocycles. The summed E-state index contributed by atoms with van der Waals surface area (Å²) in [6.07, 6.45) is 7.20. The minimum atomic E-state index is -3.05. The van der Waals surface area contributed by atoms with Crippen LogP contribution in [0.4, 0.5) is 0 Å². The fourth-order valence-corrected chi connectivity index (χ4v) is 6.44. The number of aliphatic carboxylic acids is 1. The molecule has 3 aliphatic rings. The summed E-state index contributed by atoms with van der Waals surface area (Å²) in [6, 6.07) is -0.0785. The number of likely N-dealkylation sites (tertiary alicyclic amines) is 1. The first kappa shape index (κ1) is 22.4. The predicted molar refractivity (Wildman–Crippen MR) is 105 cm³/mol. The number of carboxylic acids is 1. The quantitative estimate of drug-likeness (QED) is 0.722. The van der Waals surface area contributed by atoms with Crippen molar-refractivity contribution in [3.05, 3.63) is 0 Å². The first-order valence-electron chi connectivity index (χ1n) is 9.82. The Bertz CT molecular complexity index is 636. The van der Waals surface area contributed by atoms with Crippen LogP contribution in [0.1, 0.15) is 51.4 Å². The Morgan fingerprint density at radius 2 is 1.70 bits per heavy atom. The molecule has 1 aliphatic carbocycles. The van der Waals surface area contributed by atoms with Crippen molar-refractivity contribution in [2.75, 3.05) is 31.1 Å². The molecule has 7 nitrogen and oxygen atoms in total. The first-order valence-corrected chi connectivity index (χ1v) is 11.6. The highest BCUT2D eigenvalue weighted by molar-refractivity contribution is 7.91. The number of amides is 1. The van der Waals surface area contributed by atoms with E-state index in [2.05, 4.69) is 0 Å². The monoisotopic (exact) mass is 422 g/mol. The van der Waals surface area contributed by atoms with Crippen molar-refractivity contribution in [3.8, 4) is 0 Å². The summed E-state index contributed by atoms with van der Waals surface area (Å²) < 4.78 is 23.9. The number of hydrogen-bond donors (Lipinski definition) is 1. The van der Waals surface area contributed by atoms with Gasteiger partial charge >= 0.3 is 5.97 Å². The lowest BCUT2D eigenvalue weighted by atomic mass is 9.92. The third-order valence-corrected chi connectivity index (χ3v) is 7.82. The van der Waals surface area contributed by atoms with Crippen molar-refractivity contribution in [2.45, 2.75) is 63.5 Å². The standard InChI is InChI=1S/C18H30N2O5S.ClH/c21-17(12-19-9-4-5-14(11-19)18(22)23)20(15-6-2-1-3-7-15)16-8-10-26(24,25)13-16;/h14-16H,1-13H2,(H,22,23);1H. The number of piperidine rings is 1. The minimum absolute atomic E-state index is 0. The van der Waals surface area contributed by atoms with Gasteiger partial charge in [0, 0.05) is 18.6 Å². The smallest absolute Gasteiger partial charge is 0.307 e. The Kier molecular flexibility index (Phi) is 7.94. The Hall–Kier alpha value is -0.860. The predicted octanol–water partition coefficient (Wildman–Crippen LogP) is 1.55. The van der Waals surface area contributed by atoms with E-state index in [9.17, 15) is 23.1 Å². The Balaban J connectivity index is 0.00000261. The second kappa shape index (κ2) is 9.56. The van der Waals surface area contributed by atoms with E-state index in [1.165, 1.54) is 6.42 Å². The van der Waals surface area contributed by atoms with Gasteiger partial charge in [-0.3, -0.25) is 14.5 Å². The summed E-state index contributed by atoms with van der Waals surface area (Å²) in [6.45, 7) is 1.34. The zero-order valence-electron chi connectivity index (χ0n) is 15.7. The summed E-state index contributed by atoms with van der Waals surface area (Å²) >= 11 is 0. The van der Waals surface area contributed by atoms with E-state index in [4.69, 9.17) is 0 Å². The molecule has 3 fully saturated rings. The van der Waals surface area contributed by atoms with Crippen LogP contribution in [-0.2, 0) is 19.4 Å². The van der Waals surface area contributed by atoms with E-state index < -0.39 is 21.7 Å². The number of hydrogen-bond acceptors (Lipinski definition) is 5. The molecular weight excluding hydrogens is 392 g/mol. The number of carboxylic acid groups (broad SMARTS) is 1. The molecule has 1 N–H and O–H groups in total. The van der Waals surface area contributed by atoms with E-state index >= 15 is 0 Å². The molecule has 0 bridgehead atoms. The molecule has 2 atom stereocenters. The van der Waals surface area contributed by atoms with Gasteiger partial charge < -0.3 is 10.0 Å². The maximum absolute atomic E-state index is 13.1. The fraction of sp³-hybridized carbons (Fsp3) is 0.889. The molecule has 1 saturated carbocycles. The van der Waals surface area contributed by atoms with Crippen molar-refractivity contribution in [2.24, 2.45) is 5.92 Å². The summed E-state index contributed by atoms with van der Waals surface area (Å²) in [5, 5.41) is 9.24. The van der Waals surface area contributed by atoms with Gasteiger partial charge in [-0.15, -0.1) is 12.4 Å². The first-order chi connectivity index (χ1) is 12.4. The van der Waals surface area contributed by atoms with E-state index in [1.54, 1.807) is 0 Å². The Labute approximate surface area is 167 Å². The largest absolute Gasteiger partial charge is 0.481 e. The second-order valence-electron chi connectivity index (χ2n) is 8.06. The zero-order valence-corrected chi connectivity index (χ0v) is 17.3. The average Bonchev–Trinajstić information content (AvgIpc) is 2.95. The van der Waals surface area contributed by atoms with Gasteiger partial charge in [0.25, 0.3) is 0 Å². The Morgan fingerprint density at radius 1 is 1.00 bits per heavy atom. The topological polar surface area (TPSA) is 95.0 Å². The lowest BCUT2D eigenvalue weighted by Gasteiger charge is -2.40. The SMILES string of the molecule is Cl.O=C(O)C1CCCN(CC(=O)N(C2CCCCC2)C2CCS(=O)(=O)C2)C1. The zero-order chi connectivity index (χ0) is 18.7. The molecular formula is C18H31ClN2O5S.